The van der Waals surface area contributed by atoms with Crippen LogP contribution in [0.3, 0.4) is 0 Å². The number of nitrogens with one attached hydrogen (secondary N) is 1. The minimum atomic E-state index is 0.424. The Labute approximate surface area is 93.8 Å². The van der Waals surface area contributed by atoms with Gasteiger partial charge in [-0.3, -0.25) is 0 Å². The Morgan fingerprint density at radius 2 is 1.80 bits per heavy atom. The highest BCUT2D eigenvalue weighted by molar-refractivity contribution is 4.96. The summed E-state index contributed by atoms with van der Waals surface area (Å²) >= 11 is 0. The summed E-state index contributed by atoms with van der Waals surface area (Å²) in [4.78, 5) is 0. The van der Waals surface area contributed by atoms with Crippen LogP contribution < -0.4 is 5.32 Å². The van der Waals surface area contributed by atoms with Crippen molar-refractivity contribution in [3.05, 3.63) is 0 Å². The Hall–Kier alpha value is -0.0800. The first-order valence-corrected chi connectivity index (χ1v) is 6.48. The third kappa shape index (κ3) is 1.94. The van der Waals surface area contributed by atoms with Crippen LogP contribution in [0.4, 0.5) is 0 Å². The standard InChI is InChI=1S/C13H25NO/c1-8-9(2)15-10(3)12(8)13(14-4)11-6-5-7-11/h8-14H,5-7H2,1-4H3. The summed E-state index contributed by atoms with van der Waals surface area (Å²) in [6.07, 6.45) is 5.11. The smallest absolute Gasteiger partial charge is 0.0597 e. The molecule has 1 N–H and O–H groups in total. The van der Waals surface area contributed by atoms with E-state index in [0.29, 0.717) is 30.1 Å². The number of hydrogen-bond acceptors (Lipinski definition) is 2. The first-order valence-electron chi connectivity index (χ1n) is 6.48. The number of hydrogen-bond donors (Lipinski definition) is 1. The third-order valence-electron chi connectivity index (χ3n) is 4.72. The molecule has 0 aromatic rings. The van der Waals surface area contributed by atoms with Crippen LogP contribution in [0.5, 0.6) is 0 Å². The molecule has 0 aromatic carbocycles. The molecule has 15 heavy (non-hydrogen) atoms. The SMILES string of the molecule is CNC(C1CCC1)C1C(C)OC(C)C1C. The molecule has 2 heteroatoms. The maximum Gasteiger partial charge on any atom is 0.0597 e. The van der Waals surface area contributed by atoms with Crippen LogP contribution in [-0.4, -0.2) is 25.3 Å². The highest BCUT2D eigenvalue weighted by Gasteiger charge is 2.44. The van der Waals surface area contributed by atoms with E-state index in [9.17, 15) is 0 Å². The molecule has 5 atom stereocenters. The van der Waals surface area contributed by atoms with E-state index in [1.165, 1.54) is 19.3 Å². The second-order valence-corrected chi connectivity index (χ2v) is 5.49. The Morgan fingerprint density at radius 3 is 2.13 bits per heavy atom. The third-order valence-corrected chi connectivity index (χ3v) is 4.72. The van der Waals surface area contributed by atoms with Crippen LogP contribution in [0, 0.1) is 17.8 Å². The maximum atomic E-state index is 5.95. The molecule has 2 rings (SSSR count). The van der Waals surface area contributed by atoms with Crippen molar-refractivity contribution >= 4 is 0 Å². The van der Waals surface area contributed by atoms with Gasteiger partial charge in [0.15, 0.2) is 0 Å². The second kappa shape index (κ2) is 4.42. The molecule has 2 fully saturated rings. The minimum absolute atomic E-state index is 0.424. The number of rotatable bonds is 3. The molecule has 5 unspecified atom stereocenters. The van der Waals surface area contributed by atoms with E-state index in [4.69, 9.17) is 4.74 Å². The molecular formula is C13H25NO. The average molecular weight is 211 g/mol. The Kier molecular flexibility index (Phi) is 3.36. The van der Waals surface area contributed by atoms with Crippen LogP contribution in [0.15, 0.2) is 0 Å². The Balaban J connectivity index is 2.05. The molecule has 1 aliphatic carbocycles. The van der Waals surface area contributed by atoms with Gasteiger partial charge in [-0.2, -0.15) is 0 Å². The summed E-state index contributed by atoms with van der Waals surface area (Å²) in [6.45, 7) is 6.81. The van der Waals surface area contributed by atoms with Gasteiger partial charge in [0.25, 0.3) is 0 Å². The van der Waals surface area contributed by atoms with Gasteiger partial charge in [-0.05, 0) is 45.6 Å². The normalized spacial score (nSPS) is 44.0. The molecule has 2 nitrogen and oxygen atoms in total. The second-order valence-electron chi connectivity index (χ2n) is 5.49. The van der Waals surface area contributed by atoms with Crippen LogP contribution in [-0.2, 0) is 4.74 Å². The lowest BCUT2D eigenvalue weighted by Crippen LogP contribution is -2.47. The van der Waals surface area contributed by atoms with Crippen molar-refractivity contribution in [2.75, 3.05) is 7.05 Å². The maximum absolute atomic E-state index is 5.95. The molecule has 0 bridgehead atoms. The first-order chi connectivity index (χ1) is 7.15. The van der Waals surface area contributed by atoms with E-state index in [0.717, 1.165) is 5.92 Å². The van der Waals surface area contributed by atoms with Crippen molar-refractivity contribution in [2.24, 2.45) is 17.8 Å². The first kappa shape index (κ1) is 11.4. The predicted octanol–water partition coefficient (Wildman–Crippen LogP) is 2.43. The van der Waals surface area contributed by atoms with Gasteiger partial charge in [-0.25, -0.2) is 0 Å². The molecule has 2 aliphatic rings. The van der Waals surface area contributed by atoms with E-state index >= 15 is 0 Å². The molecule has 0 amide bonds. The lowest BCUT2D eigenvalue weighted by molar-refractivity contribution is 0.0412. The molecule has 0 spiro atoms. The van der Waals surface area contributed by atoms with Crippen molar-refractivity contribution in [1.82, 2.24) is 5.32 Å². The quantitative estimate of drug-likeness (QED) is 0.774. The van der Waals surface area contributed by atoms with Crippen molar-refractivity contribution in [3.63, 3.8) is 0 Å². The van der Waals surface area contributed by atoms with Gasteiger partial charge < -0.3 is 10.1 Å². The zero-order valence-electron chi connectivity index (χ0n) is 10.5. The summed E-state index contributed by atoms with van der Waals surface area (Å²) in [5.41, 5.74) is 0. The summed E-state index contributed by atoms with van der Waals surface area (Å²) in [5.74, 6) is 2.30. The van der Waals surface area contributed by atoms with Crippen LogP contribution in [0.1, 0.15) is 40.0 Å². The van der Waals surface area contributed by atoms with E-state index in [-0.39, 0.29) is 0 Å². The topological polar surface area (TPSA) is 21.3 Å². The molecule has 88 valence electrons. The van der Waals surface area contributed by atoms with Gasteiger partial charge in [0.05, 0.1) is 12.2 Å². The molecule has 0 radical (unpaired) electrons. The van der Waals surface area contributed by atoms with E-state index in [1.54, 1.807) is 0 Å². The van der Waals surface area contributed by atoms with Gasteiger partial charge in [-0.1, -0.05) is 13.3 Å². The van der Waals surface area contributed by atoms with Crippen LogP contribution in [0.2, 0.25) is 0 Å². The average Bonchev–Trinajstić information content (AvgIpc) is 2.35. The summed E-state index contributed by atoms with van der Waals surface area (Å²) in [6, 6.07) is 0.675. The fourth-order valence-corrected chi connectivity index (χ4v) is 3.45. The molecule has 0 aromatic heterocycles. The summed E-state index contributed by atoms with van der Waals surface area (Å²) in [7, 11) is 2.12. The predicted molar refractivity (Wildman–Crippen MR) is 62.9 cm³/mol. The summed E-state index contributed by atoms with van der Waals surface area (Å²) in [5, 5.41) is 3.55. The monoisotopic (exact) mass is 211 g/mol. The van der Waals surface area contributed by atoms with Gasteiger partial charge in [0.2, 0.25) is 0 Å². The largest absolute Gasteiger partial charge is 0.375 e. The lowest BCUT2D eigenvalue weighted by atomic mass is 9.70. The fourth-order valence-electron chi connectivity index (χ4n) is 3.45. The fraction of sp³-hybridized carbons (Fsp3) is 1.00. The lowest BCUT2D eigenvalue weighted by Gasteiger charge is -2.39. The highest BCUT2D eigenvalue weighted by atomic mass is 16.5. The van der Waals surface area contributed by atoms with E-state index in [1.807, 2.05) is 0 Å². The van der Waals surface area contributed by atoms with Crippen molar-refractivity contribution in [1.29, 1.82) is 0 Å². The minimum Gasteiger partial charge on any atom is -0.375 e. The Morgan fingerprint density at radius 1 is 1.13 bits per heavy atom. The molecular weight excluding hydrogens is 186 g/mol. The van der Waals surface area contributed by atoms with E-state index < -0.39 is 0 Å². The zero-order chi connectivity index (χ0) is 11.0. The van der Waals surface area contributed by atoms with Crippen molar-refractivity contribution in [3.8, 4) is 0 Å². The van der Waals surface area contributed by atoms with E-state index in [2.05, 4.69) is 33.1 Å². The van der Waals surface area contributed by atoms with Crippen molar-refractivity contribution < 1.29 is 4.74 Å². The molecule has 1 saturated heterocycles. The van der Waals surface area contributed by atoms with Crippen LogP contribution >= 0.6 is 0 Å². The molecule has 1 heterocycles. The van der Waals surface area contributed by atoms with Crippen molar-refractivity contribution in [2.45, 2.75) is 58.3 Å². The molecule has 1 saturated carbocycles. The van der Waals surface area contributed by atoms with Gasteiger partial charge >= 0.3 is 0 Å². The Bertz CT molecular complexity index is 215. The van der Waals surface area contributed by atoms with Gasteiger partial charge in [0.1, 0.15) is 0 Å². The summed E-state index contributed by atoms with van der Waals surface area (Å²) < 4.78 is 5.95. The van der Waals surface area contributed by atoms with Gasteiger partial charge in [0, 0.05) is 12.0 Å². The van der Waals surface area contributed by atoms with Gasteiger partial charge in [-0.15, -0.1) is 0 Å². The van der Waals surface area contributed by atoms with Crippen LogP contribution in [0.25, 0.3) is 0 Å². The zero-order valence-corrected chi connectivity index (χ0v) is 10.5. The molecule has 1 aliphatic heterocycles. The number of ether oxygens (including phenoxy) is 1. The highest BCUT2D eigenvalue weighted by Crippen LogP contribution is 2.41.